The van der Waals surface area contributed by atoms with Crippen LogP contribution in [0.15, 0.2) is 12.7 Å². The summed E-state index contributed by atoms with van der Waals surface area (Å²) in [5.41, 5.74) is 4.19. The van der Waals surface area contributed by atoms with Gasteiger partial charge in [-0.25, -0.2) is 24.3 Å². The number of nitrogens with two attached hydrogens (primary N) is 1. The van der Waals surface area contributed by atoms with Crippen LogP contribution < -0.4 is 5.73 Å². The summed E-state index contributed by atoms with van der Waals surface area (Å²) in [6.07, 6.45) is -2.92. The van der Waals surface area contributed by atoms with Crippen LogP contribution in [0.4, 0.5) is 5.82 Å². The molecule has 0 amide bonds. The highest BCUT2D eigenvalue weighted by Crippen LogP contribution is 2.45. The summed E-state index contributed by atoms with van der Waals surface area (Å²) >= 11 is 0. The molecule has 2 aromatic rings. The third-order valence-corrected chi connectivity index (χ3v) is 4.97. The second kappa shape index (κ2) is 7.57. The summed E-state index contributed by atoms with van der Waals surface area (Å²) in [7, 11) is -4.91. The highest BCUT2D eigenvalue weighted by molar-refractivity contribution is 7.48. The number of carbonyl (C=O) groups is 1. The fourth-order valence-corrected chi connectivity index (χ4v) is 3.38. The average molecular weight is 433 g/mol. The molecule has 0 aromatic carbocycles. The number of ether oxygens (including phenoxy) is 1. The third kappa shape index (κ3) is 4.38. The van der Waals surface area contributed by atoms with Crippen LogP contribution in [-0.4, -0.2) is 76.2 Å². The lowest BCUT2D eigenvalue weighted by atomic mass is 10.1. The van der Waals surface area contributed by atoms with Crippen molar-refractivity contribution in [1.29, 1.82) is 0 Å². The highest BCUT2D eigenvalue weighted by Gasteiger charge is 2.46. The van der Waals surface area contributed by atoms with E-state index < -0.39 is 50.5 Å². The van der Waals surface area contributed by atoms with Crippen molar-refractivity contribution in [2.75, 3.05) is 12.3 Å². The van der Waals surface area contributed by atoms with Gasteiger partial charge in [-0.15, -0.1) is 0 Å². The molecule has 160 valence electrons. The van der Waals surface area contributed by atoms with Crippen LogP contribution in [0.25, 0.3) is 11.2 Å². The number of aliphatic hydroxyl groups is 3. The largest absolute Gasteiger partial charge is 0.529 e. The Morgan fingerprint density at radius 2 is 2.03 bits per heavy atom. The molecule has 15 heteroatoms. The Kier molecular flexibility index (Phi) is 5.62. The molecule has 29 heavy (non-hydrogen) atoms. The molecule has 0 aliphatic carbocycles. The Morgan fingerprint density at radius 3 is 2.69 bits per heavy atom. The van der Waals surface area contributed by atoms with E-state index in [9.17, 15) is 29.6 Å². The van der Waals surface area contributed by atoms with Crippen LogP contribution in [0, 0.1) is 0 Å². The summed E-state index contributed by atoms with van der Waals surface area (Å²) in [6, 6.07) is 0. The van der Waals surface area contributed by atoms with Crippen molar-refractivity contribution in [3.05, 3.63) is 12.7 Å². The normalized spacial score (nSPS) is 27.1. The van der Waals surface area contributed by atoms with Gasteiger partial charge in [-0.2, -0.15) is 0 Å². The zero-order chi connectivity index (χ0) is 21.6. The fourth-order valence-electron chi connectivity index (χ4n) is 2.56. The Labute approximate surface area is 163 Å². The molecule has 1 fully saturated rings. The minimum absolute atomic E-state index is 0.108. The number of nitrogens with zero attached hydrogens (tertiary/aromatic N) is 4. The van der Waals surface area contributed by atoms with E-state index in [1.807, 2.05) is 0 Å². The molecule has 6 N–H and O–H groups in total. The van der Waals surface area contributed by atoms with E-state index >= 15 is 0 Å². The molecule has 0 radical (unpaired) electrons. The molecule has 1 saturated heterocycles. The fraction of sp³-hybridized carbons (Fsp3) is 0.571. The molecule has 5 atom stereocenters. The molecular weight excluding hydrogens is 413 g/mol. The second-order valence-corrected chi connectivity index (χ2v) is 8.21. The number of hydrogen-bond acceptors (Lipinski definition) is 12. The lowest BCUT2D eigenvalue weighted by Crippen LogP contribution is -2.34. The van der Waals surface area contributed by atoms with Gasteiger partial charge in [-0.3, -0.25) is 14.0 Å². The molecule has 1 unspecified atom stereocenters. The van der Waals surface area contributed by atoms with Gasteiger partial charge in [-0.05, 0) is 13.8 Å². The number of imidazole rings is 1. The number of phosphoric ester groups is 1. The van der Waals surface area contributed by atoms with Crippen molar-refractivity contribution in [2.45, 2.75) is 44.0 Å². The van der Waals surface area contributed by atoms with E-state index in [0.29, 0.717) is 0 Å². The number of aliphatic hydroxyl groups excluding tert-OH is 2. The van der Waals surface area contributed by atoms with E-state index in [0.717, 1.165) is 13.8 Å². The Morgan fingerprint density at radius 1 is 1.34 bits per heavy atom. The van der Waals surface area contributed by atoms with Gasteiger partial charge in [0.1, 0.15) is 30.2 Å². The van der Waals surface area contributed by atoms with Crippen LogP contribution in [0.3, 0.4) is 0 Å². The van der Waals surface area contributed by atoms with Crippen molar-refractivity contribution in [3.63, 3.8) is 0 Å². The number of nitrogen functional groups attached to an aromatic ring is 1. The molecule has 0 bridgehead atoms. The molecule has 3 heterocycles. The Balaban J connectivity index is 1.70. The predicted octanol–water partition coefficient (Wildman–Crippen LogP) is -1.54. The smallest absolute Gasteiger partial charge is 0.387 e. The van der Waals surface area contributed by atoms with Gasteiger partial charge in [0, 0.05) is 0 Å². The maximum Gasteiger partial charge on any atom is 0.529 e. The van der Waals surface area contributed by atoms with Gasteiger partial charge < -0.3 is 30.3 Å². The first kappa shape index (κ1) is 21.5. The lowest BCUT2D eigenvalue weighted by molar-refractivity contribution is -0.153. The number of phosphoric acid groups is 1. The molecule has 0 saturated carbocycles. The topological polar surface area (TPSA) is 212 Å². The average Bonchev–Trinajstić information content (AvgIpc) is 3.15. The summed E-state index contributed by atoms with van der Waals surface area (Å²) < 4.78 is 27.6. The van der Waals surface area contributed by atoms with Crippen LogP contribution >= 0.6 is 7.82 Å². The number of carbonyl (C=O) groups excluding carboxylic acids is 1. The van der Waals surface area contributed by atoms with Crippen LogP contribution in [-0.2, 0) is 23.1 Å². The maximum absolute atomic E-state index is 11.9. The van der Waals surface area contributed by atoms with Gasteiger partial charge in [0.05, 0.1) is 12.9 Å². The maximum atomic E-state index is 11.9. The SMILES string of the molecule is CC(C)(O)C(=O)OP(=O)(O)OC[C@H]1O[C@@H](n2cnc3c(N)ncnc32)[C@H](O)[C@@H]1O. The van der Waals surface area contributed by atoms with Gasteiger partial charge in [0.15, 0.2) is 23.3 Å². The van der Waals surface area contributed by atoms with E-state index in [4.69, 9.17) is 10.5 Å². The lowest BCUT2D eigenvalue weighted by Gasteiger charge is -2.20. The number of hydrogen-bond donors (Lipinski definition) is 5. The van der Waals surface area contributed by atoms with Crippen LogP contribution in [0.2, 0.25) is 0 Å². The standard InChI is InChI=1S/C14H20N5O9P/c1-14(2,23)13(22)28-29(24,25)26-3-6-8(20)9(21)12(27-6)19-5-18-7-10(15)16-4-17-11(7)19/h4-6,8-9,12,20-21,23H,3H2,1-2H3,(H,24,25)(H2,15,16,17)/t6-,8-,9-,12-/m1/s1. The van der Waals surface area contributed by atoms with Gasteiger partial charge in [0.25, 0.3) is 0 Å². The first-order valence-electron chi connectivity index (χ1n) is 8.29. The molecule has 14 nitrogen and oxygen atoms in total. The number of rotatable bonds is 6. The molecular formula is C14H20N5O9P. The predicted molar refractivity (Wildman–Crippen MR) is 93.8 cm³/mol. The van der Waals surface area contributed by atoms with Crippen molar-refractivity contribution in [1.82, 2.24) is 19.5 Å². The number of aromatic nitrogens is 4. The molecule has 3 rings (SSSR count). The summed E-state index contributed by atoms with van der Waals surface area (Å²) in [5.74, 6) is -1.27. The second-order valence-electron chi connectivity index (χ2n) is 6.83. The van der Waals surface area contributed by atoms with Gasteiger partial charge in [-0.1, -0.05) is 0 Å². The van der Waals surface area contributed by atoms with E-state index in [2.05, 4.69) is 24.0 Å². The minimum atomic E-state index is -4.91. The minimum Gasteiger partial charge on any atom is -0.387 e. The third-order valence-electron chi connectivity index (χ3n) is 4.10. The molecule has 0 spiro atoms. The quantitative estimate of drug-likeness (QED) is 0.327. The van der Waals surface area contributed by atoms with Crippen molar-refractivity contribution in [3.8, 4) is 0 Å². The highest BCUT2D eigenvalue weighted by atomic mass is 31.2. The van der Waals surface area contributed by atoms with E-state index in [1.165, 1.54) is 17.2 Å². The summed E-state index contributed by atoms with van der Waals surface area (Å²) in [5, 5.41) is 30.0. The molecule has 1 aliphatic heterocycles. The van der Waals surface area contributed by atoms with Crippen LogP contribution in [0.5, 0.6) is 0 Å². The van der Waals surface area contributed by atoms with Gasteiger partial charge >= 0.3 is 13.8 Å². The Bertz CT molecular complexity index is 961. The molecule has 1 aliphatic rings. The van der Waals surface area contributed by atoms with Crippen molar-refractivity contribution >= 4 is 30.8 Å². The summed E-state index contributed by atoms with van der Waals surface area (Å²) in [4.78, 5) is 33.0. The van der Waals surface area contributed by atoms with E-state index in [1.54, 1.807) is 0 Å². The summed E-state index contributed by atoms with van der Waals surface area (Å²) in [6.45, 7) is 1.42. The first-order chi connectivity index (χ1) is 13.4. The molecule has 2 aromatic heterocycles. The number of fused-ring (bicyclic) bond motifs is 1. The zero-order valence-corrected chi connectivity index (χ0v) is 16.2. The monoisotopic (exact) mass is 433 g/mol. The number of anilines is 1. The first-order valence-corrected chi connectivity index (χ1v) is 9.78. The van der Waals surface area contributed by atoms with Gasteiger partial charge in [0.2, 0.25) is 0 Å². The zero-order valence-electron chi connectivity index (χ0n) is 15.3. The van der Waals surface area contributed by atoms with Crippen molar-refractivity contribution in [2.24, 2.45) is 0 Å². The van der Waals surface area contributed by atoms with Crippen molar-refractivity contribution < 1.29 is 43.4 Å². The Hall–Kier alpha value is -2.19. The van der Waals surface area contributed by atoms with E-state index in [-0.39, 0.29) is 17.0 Å². The van der Waals surface area contributed by atoms with Crippen LogP contribution in [0.1, 0.15) is 20.1 Å².